The summed E-state index contributed by atoms with van der Waals surface area (Å²) in [6.07, 6.45) is 0.841. The smallest absolute Gasteiger partial charge is 0.123 e. The number of hydrogen-bond donors (Lipinski definition) is 0. The van der Waals surface area contributed by atoms with Gasteiger partial charge in [-0.1, -0.05) is 27.5 Å². The fraction of sp³-hybridized carbons (Fsp3) is 0.538. The minimum absolute atomic E-state index is 0.152. The second-order valence-electron chi connectivity index (χ2n) is 4.45. The van der Waals surface area contributed by atoms with Crippen molar-refractivity contribution in [2.75, 3.05) is 13.7 Å². The van der Waals surface area contributed by atoms with Crippen LogP contribution in [-0.2, 0) is 10.1 Å². The molecular weight excluding hydrogens is 303 g/mol. The molecule has 0 N–H and O–H groups in total. The average Bonchev–Trinajstić information content (AvgIpc) is 2.30. The highest BCUT2D eigenvalue weighted by Gasteiger charge is 2.16. The van der Waals surface area contributed by atoms with E-state index in [1.165, 1.54) is 0 Å². The van der Waals surface area contributed by atoms with Crippen LogP contribution in [0, 0.1) is 0 Å². The first kappa shape index (κ1) is 14.8. The quantitative estimate of drug-likeness (QED) is 0.722. The summed E-state index contributed by atoms with van der Waals surface area (Å²) in [6, 6.07) is 5.65. The third-order valence-electron chi connectivity index (χ3n) is 2.68. The molecule has 17 heavy (non-hydrogen) atoms. The normalized spacial score (nSPS) is 11.6. The molecule has 96 valence electrons. The van der Waals surface area contributed by atoms with Crippen LogP contribution in [-0.4, -0.2) is 19.3 Å². The van der Waals surface area contributed by atoms with Gasteiger partial charge in [0.1, 0.15) is 5.75 Å². The molecule has 1 aromatic carbocycles. The van der Waals surface area contributed by atoms with Gasteiger partial charge in [0, 0.05) is 29.4 Å². The molecule has 0 saturated heterocycles. The van der Waals surface area contributed by atoms with Crippen molar-refractivity contribution in [3.8, 4) is 5.75 Å². The first-order valence-corrected chi connectivity index (χ1v) is 7.01. The lowest BCUT2D eigenvalue weighted by atomic mass is 10.1. The second kappa shape index (κ2) is 6.62. The zero-order valence-corrected chi connectivity index (χ0v) is 12.8. The van der Waals surface area contributed by atoms with Crippen molar-refractivity contribution in [2.24, 2.45) is 0 Å². The molecule has 0 heterocycles. The molecule has 0 aliphatic rings. The van der Waals surface area contributed by atoms with Crippen molar-refractivity contribution in [3.05, 3.63) is 28.8 Å². The standard InChI is InChI=1S/C13H18BrClO2/c1-13(2,16-3)6-7-17-12-5-4-11(15)8-10(12)9-14/h4-5,8H,6-7,9H2,1-3H3. The zero-order chi connectivity index (χ0) is 12.9. The van der Waals surface area contributed by atoms with Gasteiger partial charge in [0.2, 0.25) is 0 Å². The fourth-order valence-electron chi connectivity index (χ4n) is 1.30. The molecular formula is C13H18BrClO2. The minimum atomic E-state index is -0.152. The Balaban J connectivity index is 2.57. The van der Waals surface area contributed by atoms with E-state index in [4.69, 9.17) is 21.1 Å². The molecule has 4 heteroatoms. The summed E-state index contributed by atoms with van der Waals surface area (Å²) in [5.41, 5.74) is 0.911. The lowest BCUT2D eigenvalue weighted by Gasteiger charge is -2.23. The van der Waals surface area contributed by atoms with E-state index in [1.54, 1.807) is 7.11 Å². The third-order valence-corrected chi connectivity index (χ3v) is 3.52. The van der Waals surface area contributed by atoms with Crippen LogP contribution in [0.2, 0.25) is 5.02 Å². The Bertz CT molecular complexity index is 366. The van der Waals surface area contributed by atoms with Crippen molar-refractivity contribution in [3.63, 3.8) is 0 Å². The lowest BCUT2D eigenvalue weighted by molar-refractivity contribution is 0.00539. The molecule has 0 bridgehead atoms. The van der Waals surface area contributed by atoms with Gasteiger partial charge in [-0.2, -0.15) is 0 Å². The van der Waals surface area contributed by atoms with Crippen molar-refractivity contribution in [2.45, 2.75) is 31.2 Å². The van der Waals surface area contributed by atoms with Crippen molar-refractivity contribution < 1.29 is 9.47 Å². The van der Waals surface area contributed by atoms with E-state index in [2.05, 4.69) is 15.9 Å². The molecule has 0 saturated carbocycles. The van der Waals surface area contributed by atoms with Gasteiger partial charge in [-0.15, -0.1) is 0 Å². The maximum atomic E-state index is 5.93. The number of methoxy groups -OCH3 is 1. The number of hydrogen-bond acceptors (Lipinski definition) is 2. The van der Waals surface area contributed by atoms with Crippen LogP contribution < -0.4 is 4.74 Å². The largest absolute Gasteiger partial charge is 0.493 e. The van der Waals surface area contributed by atoms with Gasteiger partial charge in [-0.3, -0.25) is 0 Å². The molecule has 2 nitrogen and oxygen atoms in total. The summed E-state index contributed by atoms with van der Waals surface area (Å²) in [4.78, 5) is 0. The molecule has 0 aliphatic carbocycles. The van der Waals surface area contributed by atoms with E-state index in [0.717, 1.165) is 28.1 Å². The fourth-order valence-corrected chi connectivity index (χ4v) is 1.94. The van der Waals surface area contributed by atoms with Gasteiger partial charge in [0.05, 0.1) is 12.2 Å². The summed E-state index contributed by atoms with van der Waals surface area (Å²) < 4.78 is 11.1. The van der Waals surface area contributed by atoms with Gasteiger partial charge in [0.25, 0.3) is 0 Å². The van der Waals surface area contributed by atoms with Crippen LogP contribution in [0.25, 0.3) is 0 Å². The minimum Gasteiger partial charge on any atom is -0.493 e. The summed E-state index contributed by atoms with van der Waals surface area (Å²) in [5.74, 6) is 0.873. The first-order chi connectivity index (χ1) is 7.98. The molecule has 0 unspecified atom stereocenters. The molecule has 0 radical (unpaired) electrons. The Hall–Kier alpha value is -0.250. The van der Waals surface area contributed by atoms with Crippen molar-refractivity contribution in [1.82, 2.24) is 0 Å². The van der Waals surface area contributed by atoms with E-state index in [-0.39, 0.29) is 5.60 Å². The summed E-state index contributed by atoms with van der Waals surface area (Å²) in [6.45, 7) is 4.72. The summed E-state index contributed by atoms with van der Waals surface area (Å²) in [5, 5.41) is 1.46. The monoisotopic (exact) mass is 320 g/mol. The molecule has 0 fully saturated rings. The van der Waals surface area contributed by atoms with Crippen LogP contribution >= 0.6 is 27.5 Å². The van der Waals surface area contributed by atoms with Gasteiger partial charge in [-0.05, 0) is 32.0 Å². The number of benzene rings is 1. The molecule has 0 aliphatic heterocycles. The number of alkyl halides is 1. The van der Waals surface area contributed by atoms with Gasteiger partial charge < -0.3 is 9.47 Å². The van der Waals surface area contributed by atoms with Crippen LogP contribution in [0.15, 0.2) is 18.2 Å². The van der Waals surface area contributed by atoms with E-state index in [1.807, 2.05) is 32.0 Å². The van der Waals surface area contributed by atoms with Gasteiger partial charge in [-0.25, -0.2) is 0 Å². The van der Waals surface area contributed by atoms with Gasteiger partial charge >= 0.3 is 0 Å². The molecule has 0 atom stereocenters. The molecule has 0 amide bonds. The predicted molar refractivity (Wildman–Crippen MR) is 75.3 cm³/mol. The highest BCUT2D eigenvalue weighted by atomic mass is 79.9. The Morgan fingerprint density at radius 1 is 1.35 bits per heavy atom. The van der Waals surface area contributed by atoms with Crippen LogP contribution in [0.4, 0.5) is 0 Å². The van der Waals surface area contributed by atoms with Crippen LogP contribution in [0.3, 0.4) is 0 Å². The van der Waals surface area contributed by atoms with E-state index in [0.29, 0.717) is 6.61 Å². The lowest BCUT2D eigenvalue weighted by Crippen LogP contribution is -2.25. The molecule has 1 rings (SSSR count). The topological polar surface area (TPSA) is 18.5 Å². The number of rotatable bonds is 6. The van der Waals surface area contributed by atoms with Gasteiger partial charge in [0.15, 0.2) is 0 Å². The maximum Gasteiger partial charge on any atom is 0.123 e. The van der Waals surface area contributed by atoms with E-state index >= 15 is 0 Å². The molecule has 0 spiro atoms. The average molecular weight is 322 g/mol. The summed E-state index contributed by atoms with van der Waals surface area (Å²) >= 11 is 9.35. The maximum absolute atomic E-state index is 5.93. The van der Waals surface area contributed by atoms with E-state index in [9.17, 15) is 0 Å². The van der Waals surface area contributed by atoms with E-state index < -0.39 is 0 Å². The Morgan fingerprint density at radius 2 is 2.06 bits per heavy atom. The van der Waals surface area contributed by atoms with Crippen molar-refractivity contribution >= 4 is 27.5 Å². The second-order valence-corrected chi connectivity index (χ2v) is 5.45. The summed E-state index contributed by atoms with van der Waals surface area (Å²) in [7, 11) is 1.71. The number of ether oxygens (including phenoxy) is 2. The Kier molecular flexibility index (Phi) is 5.77. The van der Waals surface area contributed by atoms with Crippen molar-refractivity contribution in [1.29, 1.82) is 0 Å². The number of halogens is 2. The Morgan fingerprint density at radius 3 is 2.65 bits per heavy atom. The first-order valence-electron chi connectivity index (χ1n) is 5.51. The van der Waals surface area contributed by atoms with Crippen LogP contribution in [0.5, 0.6) is 5.75 Å². The zero-order valence-electron chi connectivity index (χ0n) is 10.4. The highest BCUT2D eigenvalue weighted by molar-refractivity contribution is 9.08. The highest BCUT2D eigenvalue weighted by Crippen LogP contribution is 2.25. The SMILES string of the molecule is COC(C)(C)CCOc1ccc(Cl)cc1CBr. The third kappa shape index (κ3) is 4.86. The Labute approximate surface area is 116 Å². The predicted octanol–water partition coefficient (Wildman–Crippen LogP) is 4.43. The van der Waals surface area contributed by atoms with Crippen LogP contribution in [0.1, 0.15) is 25.8 Å². The molecule has 1 aromatic rings. The molecule has 0 aromatic heterocycles.